The maximum absolute atomic E-state index is 12.8. The summed E-state index contributed by atoms with van der Waals surface area (Å²) in [5.74, 6) is -0.181. The highest BCUT2D eigenvalue weighted by molar-refractivity contribution is 5.45. The zero-order valence-corrected chi connectivity index (χ0v) is 9.62. The summed E-state index contributed by atoms with van der Waals surface area (Å²) in [7, 11) is 2.04. The third-order valence-corrected chi connectivity index (χ3v) is 2.89. The molecule has 4 heteroatoms. The van der Waals surface area contributed by atoms with E-state index in [2.05, 4.69) is 15.1 Å². The second-order valence-corrected chi connectivity index (χ2v) is 4.18. The van der Waals surface area contributed by atoms with Crippen LogP contribution >= 0.6 is 0 Å². The van der Waals surface area contributed by atoms with Gasteiger partial charge in [-0.25, -0.2) is 4.39 Å². The molecule has 0 spiro atoms. The third-order valence-electron chi connectivity index (χ3n) is 2.89. The largest absolute Gasteiger partial charge is 0.362 e. The van der Waals surface area contributed by atoms with Gasteiger partial charge in [-0.15, -0.1) is 0 Å². The van der Waals surface area contributed by atoms with Gasteiger partial charge >= 0.3 is 0 Å². The summed E-state index contributed by atoms with van der Waals surface area (Å²) in [5.41, 5.74) is 1.06. The monoisotopic (exact) mass is 223 g/mol. The standard InChI is InChI=1S/C12H18FN3/c1-15(10-16-8-6-14-7-9-16)12-4-2-11(13)3-5-12/h2-5,14H,6-10H2,1H3. The van der Waals surface area contributed by atoms with Crippen molar-refractivity contribution in [1.82, 2.24) is 10.2 Å². The van der Waals surface area contributed by atoms with Gasteiger partial charge in [0.2, 0.25) is 0 Å². The summed E-state index contributed by atoms with van der Waals surface area (Å²) in [4.78, 5) is 4.53. The Morgan fingerprint density at radius 2 is 1.88 bits per heavy atom. The summed E-state index contributed by atoms with van der Waals surface area (Å²) >= 11 is 0. The van der Waals surface area contributed by atoms with Crippen molar-refractivity contribution in [2.24, 2.45) is 0 Å². The van der Waals surface area contributed by atoms with E-state index in [1.807, 2.05) is 19.2 Å². The molecular formula is C12H18FN3. The molecule has 1 aromatic carbocycles. The van der Waals surface area contributed by atoms with Crippen molar-refractivity contribution in [3.63, 3.8) is 0 Å². The second kappa shape index (κ2) is 5.27. The van der Waals surface area contributed by atoms with Crippen molar-refractivity contribution in [2.45, 2.75) is 0 Å². The van der Waals surface area contributed by atoms with E-state index in [1.165, 1.54) is 12.1 Å². The average Bonchev–Trinajstić information content (AvgIpc) is 2.31. The van der Waals surface area contributed by atoms with Gasteiger partial charge < -0.3 is 10.2 Å². The van der Waals surface area contributed by atoms with Gasteiger partial charge in [-0.2, -0.15) is 0 Å². The molecule has 0 unspecified atom stereocenters. The minimum atomic E-state index is -0.181. The molecule has 16 heavy (non-hydrogen) atoms. The number of hydrogen-bond acceptors (Lipinski definition) is 3. The summed E-state index contributed by atoms with van der Waals surface area (Å²) in [6, 6.07) is 6.64. The number of rotatable bonds is 3. The normalized spacial score (nSPS) is 17.4. The molecule has 1 heterocycles. The molecule has 1 aliphatic heterocycles. The Morgan fingerprint density at radius 1 is 1.25 bits per heavy atom. The lowest BCUT2D eigenvalue weighted by atomic mass is 10.3. The zero-order valence-electron chi connectivity index (χ0n) is 9.62. The van der Waals surface area contributed by atoms with Crippen molar-refractivity contribution in [1.29, 1.82) is 0 Å². The van der Waals surface area contributed by atoms with Gasteiger partial charge in [0.1, 0.15) is 5.82 Å². The van der Waals surface area contributed by atoms with Crippen LogP contribution in [0.5, 0.6) is 0 Å². The fourth-order valence-electron chi connectivity index (χ4n) is 1.93. The van der Waals surface area contributed by atoms with Crippen LogP contribution in [0.2, 0.25) is 0 Å². The van der Waals surface area contributed by atoms with E-state index in [9.17, 15) is 4.39 Å². The Hall–Kier alpha value is -1.13. The maximum atomic E-state index is 12.8. The van der Waals surface area contributed by atoms with E-state index in [1.54, 1.807) is 0 Å². The van der Waals surface area contributed by atoms with Crippen molar-refractivity contribution >= 4 is 5.69 Å². The molecule has 1 N–H and O–H groups in total. The molecule has 3 nitrogen and oxygen atoms in total. The fraction of sp³-hybridized carbons (Fsp3) is 0.500. The van der Waals surface area contributed by atoms with E-state index in [0.717, 1.165) is 38.5 Å². The van der Waals surface area contributed by atoms with E-state index < -0.39 is 0 Å². The predicted octanol–water partition coefficient (Wildman–Crippen LogP) is 1.12. The Labute approximate surface area is 95.9 Å². The average molecular weight is 223 g/mol. The molecule has 2 rings (SSSR count). The van der Waals surface area contributed by atoms with Crippen LogP contribution in [0.4, 0.5) is 10.1 Å². The quantitative estimate of drug-likeness (QED) is 0.828. The molecule has 88 valence electrons. The number of nitrogens with zero attached hydrogens (tertiary/aromatic N) is 2. The van der Waals surface area contributed by atoms with Crippen LogP contribution in [0.15, 0.2) is 24.3 Å². The SMILES string of the molecule is CN(CN1CCNCC1)c1ccc(F)cc1. The molecule has 0 bridgehead atoms. The Kier molecular flexibility index (Phi) is 3.74. The number of anilines is 1. The lowest BCUT2D eigenvalue weighted by molar-refractivity contribution is 0.243. The van der Waals surface area contributed by atoms with Gasteiger partial charge in [-0.05, 0) is 24.3 Å². The first-order valence-corrected chi connectivity index (χ1v) is 5.65. The zero-order chi connectivity index (χ0) is 11.4. The molecule has 0 saturated carbocycles. The van der Waals surface area contributed by atoms with Crippen molar-refractivity contribution < 1.29 is 4.39 Å². The predicted molar refractivity (Wildman–Crippen MR) is 64.1 cm³/mol. The van der Waals surface area contributed by atoms with E-state index in [0.29, 0.717) is 0 Å². The van der Waals surface area contributed by atoms with E-state index >= 15 is 0 Å². The Balaban J connectivity index is 1.91. The molecule has 0 radical (unpaired) electrons. The van der Waals surface area contributed by atoms with Gasteiger partial charge in [0, 0.05) is 38.9 Å². The number of halogens is 1. The molecule has 1 aromatic rings. The summed E-state index contributed by atoms with van der Waals surface area (Å²) in [5, 5.41) is 3.33. The summed E-state index contributed by atoms with van der Waals surface area (Å²) in [6.45, 7) is 5.15. The molecule has 0 amide bonds. The lowest BCUT2D eigenvalue weighted by Gasteiger charge is -2.32. The lowest BCUT2D eigenvalue weighted by Crippen LogP contribution is -2.47. The Bertz CT molecular complexity index is 320. The topological polar surface area (TPSA) is 18.5 Å². The molecule has 1 saturated heterocycles. The van der Waals surface area contributed by atoms with Crippen molar-refractivity contribution in [3.8, 4) is 0 Å². The van der Waals surface area contributed by atoms with E-state index in [4.69, 9.17) is 0 Å². The molecule has 0 atom stereocenters. The van der Waals surface area contributed by atoms with Crippen LogP contribution in [0.1, 0.15) is 0 Å². The Morgan fingerprint density at radius 3 is 2.50 bits per heavy atom. The minimum Gasteiger partial charge on any atom is -0.362 e. The number of nitrogens with one attached hydrogen (secondary N) is 1. The van der Waals surface area contributed by atoms with Gasteiger partial charge in [-0.1, -0.05) is 0 Å². The van der Waals surface area contributed by atoms with Crippen LogP contribution < -0.4 is 10.2 Å². The van der Waals surface area contributed by atoms with Crippen LogP contribution in [0.25, 0.3) is 0 Å². The first-order valence-electron chi connectivity index (χ1n) is 5.65. The summed E-state index contributed by atoms with van der Waals surface area (Å²) in [6.07, 6.45) is 0. The third kappa shape index (κ3) is 2.93. The molecule has 1 fully saturated rings. The van der Waals surface area contributed by atoms with Crippen LogP contribution in [0, 0.1) is 5.82 Å². The highest BCUT2D eigenvalue weighted by Gasteiger charge is 2.11. The molecule has 0 aromatic heterocycles. The first-order chi connectivity index (χ1) is 7.75. The van der Waals surface area contributed by atoms with Crippen molar-refractivity contribution in [2.75, 3.05) is 44.8 Å². The van der Waals surface area contributed by atoms with Crippen LogP contribution in [-0.4, -0.2) is 44.8 Å². The molecule has 1 aliphatic rings. The first kappa shape index (κ1) is 11.4. The second-order valence-electron chi connectivity index (χ2n) is 4.18. The van der Waals surface area contributed by atoms with Gasteiger partial charge in [0.25, 0.3) is 0 Å². The van der Waals surface area contributed by atoms with Gasteiger partial charge in [-0.3, -0.25) is 4.90 Å². The maximum Gasteiger partial charge on any atom is 0.123 e. The highest BCUT2D eigenvalue weighted by atomic mass is 19.1. The van der Waals surface area contributed by atoms with Crippen LogP contribution in [-0.2, 0) is 0 Å². The minimum absolute atomic E-state index is 0.181. The highest BCUT2D eigenvalue weighted by Crippen LogP contribution is 2.13. The smallest absolute Gasteiger partial charge is 0.123 e. The molecule has 0 aliphatic carbocycles. The fourth-order valence-corrected chi connectivity index (χ4v) is 1.93. The van der Waals surface area contributed by atoms with Gasteiger partial charge in [0.15, 0.2) is 0 Å². The van der Waals surface area contributed by atoms with Gasteiger partial charge in [0.05, 0.1) is 6.67 Å². The number of hydrogen-bond donors (Lipinski definition) is 1. The van der Waals surface area contributed by atoms with Crippen molar-refractivity contribution in [3.05, 3.63) is 30.1 Å². The summed E-state index contributed by atoms with van der Waals surface area (Å²) < 4.78 is 12.8. The molecular weight excluding hydrogens is 205 g/mol. The number of benzene rings is 1. The van der Waals surface area contributed by atoms with Crippen LogP contribution in [0.3, 0.4) is 0 Å². The van der Waals surface area contributed by atoms with E-state index in [-0.39, 0.29) is 5.82 Å². The number of piperazine rings is 1.